The quantitative estimate of drug-likeness (QED) is 0.125. The molecule has 0 aromatic heterocycles. The molecule has 0 spiro atoms. The van der Waals surface area contributed by atoms with Gasteiger partial charge in [-0.25, -0.2) is 4.58 Å². The summed E-state index contributed by atoms with van der Waals surface area (Å²) in [6.07, 6.45) is 16.7. The second kappa shape index (κ2) is 15.2. The van der Waals surface area contributed by atoms with Gasteiger partial charge in [0.2, 0.25) is 5.36 Å². The highest BCUT2D eigenvalue weighted by molar-refractivity contribution is 5.83. The largest absolute Gasteiger partial charge is 0.371 e. The number of hydrogen-bond acceptors (Lipinski definition) is 1. The van der Waals surface area contributed by atoms with Crippen LogP contribution in [0.2, 0.25) is 0 Å². The topological polar surface area (TPSA) is 6.25 Å². The Bertz CT molecular complexity index is 1760. The van der Waals surface area contributed by atoms with E-state index in [2.05, 4.69) is 139 Å². The molecule has 0 bridgehead atoms. The normalized spacial score (nSPS) is 15.6. The van der Waals surface area contributed by atoms with E-state index in [1.165, 1.54) is 107 Å². The van der Waals surface area contributed by atoms with E-state index in [-0.39, 0.29) is 0 Å². The van der Waals surface area contributed by atoms with Gasteiger partial charge in [-0.2, -0.15) is 0 Å². The molecule has 0 unspecified atom stereocenters. The Hall–Kier alpha value is -4.17. The minimum atomic E-state index is 1.16. The maximum atomic E-state index is 2.60. The van der Waals surface area contributed by atoms with Crippen LogP contribution >= 0.6 is 0 Å². The van der Waals surface area contributed by atoms with Crippen molar-refractivity contribution in [2.45, 2.75) is 65.2 Å². The van der Waals surface area contributed by atoms with E-state index in [0.717, 1.165) is 25.9 Å². The SMILES string of the molecule is CCCCN1CCCc2cc(/C(=C/C=C/C(c3ccccc3)=c3\ccc4c(c3)CCC[N+]=4CCCC)c3ccccc3)ccc21. The standard InChI is InChI=1S/C43H49N2/c1-3-5-28-44-30-14-20-38-32-36(24-26-42(38)44)40(34-16-9-7-10-17-34)22-13-23-41(35-18-11-8-12-19-35)37-25-27-43-39(33-37)21-15-31-45(43)29-6-4-2/h7-13,16-19,22-27,32-33H,3-6,14-15,20-21,28-31H2,1-2H3/q+1. The van der Waals surface area contributed by atoms with Gasteiger partial charge in [0.25, 0.3) is 0 Å². The van der Waals surface area contributed by atoms with Crippen LogP contribution in [-0.2, 0) is 12.8 Å². The van der Waals surface area contributed by atoms with Crippen molar-refractivity contribution in [3.8, 4) is 0 Å². The third-order valence-electron chi connectivity index (χ3n) is 9.47. The van der Waals surface area contributed by atoms with Gasteiger partial charge in [-0.1, -0.05) is 112 Å². The molecule has 45 heavy (non-hydrogen) atoms. The van der Waals surface area contributed by atoms with Gasteiger partial charge in [0.05, 0.1) is 0 Å². The second-order valence-corrected chi connectivity index (χ2v) is 12.7. The summed E-state index contributed by atoms with van der Waals surface area (Å²) in [6, 6.07) is 36.1. The Labute approximate surface area is 270 Å². The van der Waals surface area contributed by atoms with Crippen molar-refractivity contribution in [2.24, 2.45) is 0 Å². The summed E-state index contributed by atoms with van der Waals surface area (Å²) in [4.78, 5) is 2.60. The van der Waals surface area contributed by atoms with E-state index < -0.39 is 0 Å². The fourth-order valence-electron chi connectivity index (χ4n) is 7.04. The summed E-state index contributed by atoms with van der Waals surface area (Å²) in [7, 11) is 0. The zero-order chi connectivity index (χ0) is 30.8. The number of benzene rings is 4. The molecule has 4 aromatic carbocycles. The molecular weight excluding hydrogens is 544 g/mol. The lowest BCUT2D eigenvalue weighted by molar-refractivity contribution is 0.504. The number of rotatable bonds is 11. The average Bonchev–Trinajstić information content (AvgIpc) is 3.10. The molecule has 2 aliphatic rings. The molecule has 0 aliphatic carbocycles. The first-order valence-electron chi connectivity index (χ1n) is 17.4. The highest BCUT2D eigenvalue weighted by atomic mass is 15.1. The Morgan fingerprint density at radius 3 is 2.27 bits per heavy atom. The minimum Gasteiger partial charge on any atom is -0.371 e. The Balaban J connectivity index is 1.42. The van der Waals surface area contributed by atoms with Crippen LogP contribution in [0.15, 0.2) is 115 Å². The van der Waals surface area contributed by atoms with Gasteiger partial charge in [-0.15, -0.1) is 0 Å². The van der Waals surface area contributed by atoms with Crippen LogP contribution in [0, 0.1) is 0 Å². The third-order valence-corrected chi connectivity index (χ3v) is 9.47. The Morgan fingerprint density at radius 1 is 0.733 bits per heavy atom. The van der Waals surface area contributed by atoms with Crippen molar-refractivity contribution >= 4 is 16.8 Å². The molecule has 6 rings (SSSR count). The lowest BCUT2D eigenvalue weighted by Gasteiger charge is -2.32. The number of aryl methyl sites for hydroxylation is 2. The molecule has 0 atom stereocenters. The van der Waals surface area contributed by atoms with Gasteiger partial charge in [0, 0.05) is 43.2 Å². The number of allylic oxidation sites excluding steroid dienone is 3. The van der Waals surface area contributed by atoms with E-state index in [4.69, 9.17) is 0 Å². The molecule has 0 saturated carbocycles. The van der Waals surface area contributed by atoms with Crippen LogP contribution in [0.1, 0.15) is 80.2 Å². The monoisotopic (exact) mass is 593 g/mol. The fourth-order valence-corrected chi connectivity index (χ4v) is 7.04. The highest BCUT2D eigenvalue weighted by Gasteiger charge is 2.18. The number of unbranched alkanes of at least 4 members (excludes halogenated alkanes) is 2. The van der Waals surface area contributed by atoms with Crippen LogP contribution < -0.4 is 20.1 Å². The van der Waals surface area contributed by atoms with Crippen molar-refractivity contribution < 1.29 is 0 Å². The lowest BCUT2D eigenvalue weighted by atomic mass is 9.92. The van der Waals surface area contributed by atoms with Gasteiger partial charge in [0.15, 0.2) is 0 Å². The van der Waals surface area contributed by atoms with Gasteiger partial charge in [-0.05, 0) is 88.6 Å². The van der Waals surface area contributed by atoms with Crippen LogP contribution in [0.4, 0.5) is 5.69 Å². The van der Waals surface area contributed by atoms with Gasteiger partial charge in [-0.3, -0.25) is 0 Å². The molecule has 0 saturated heterocycles. The van der Waals surface area contributed by atoms with E-state index in [9.17, 15) is 0 Å². The second-order valence-electron chi connectivity index (χ2n) is 12.7. The predicted octanol–water partition coefficient (Wildman–Crippen LogP) is 8.36. The van der Waals surface area contributed by atoms with Crippen molar-refractivity contribution in [3.05, 3.63) is 154 Å². The molecular formula is C43H49N2+. The van der Waals surface area contributed by atoms with Crippen molar-refractivity contribution in [1.82, 2.24) is 4.58 Å². The molecule has 2 heteroatoms. The van der Waals surface area contributed by atoms with E-state index >= 15 is 0 Å². The van der Waals surface area contributed by atoms with Crippen LogP contribution in [0.5, 0.6) is 0 Å². The average molecular weight is 594 g/mol. The van der Waals surface area contributed by atoms with Gasteiger partial charge < -0.3 is 4.90 Å². The number of nitrogens with zero attached hydrogens (tertiary/aromatic N) is 2. The molecule has 2 aliphatic heterocycles. The third kappa shape index (κ3) is 7.39. The summed E-state index contributed by atoms with van der Waals surface area (Å²) in [5.41, 5.74) is 10.7. The van der Waals surface area contributed by atoms with E-state index in [0.29, 0.717) is 0 Å². The molecule has 0 amide bonds. The van der Waals surface area contributed by atoms with Crippen molar-refractivity contribution in [3.63, 3.8) is 0 Å². The van der Waals surface area contributed by atoms with Crippen LogP contribution in [0.25, 0.3) is 11.1 Å². The number of anilines is 1. The molecule has 230 valence electrons. The molecule has 0 fully saturated rings. The van der Waals surface area contributed by atoms with E-state index in [1.54, 1.807) is 0 Å². The first-order valence-corrected chi connectivity index (χ1v) is 17.4. The molecule has 4 aromatic rings. The zero-order valence-electron chi connectivity index (χ0n) is 27.3. The van der Waals surface area contributed by atoms with Crippen LogP contribution in [0.3, 0.4) is 0 Å². The maximum absolute atomic E-state index is 2.60. The maximum Gasteiger partial charge on any atom is 0.203 e. The van der Waals surface area contributed by atoms with Gasteiger partial charge >= 0.3 is 0 Å². The lowest BCUT2D eigenvalue weighted by Crippen LogP contribution is -2.39. The summed E-state index contributed by atoms with van der Waals surface area (Å²) >= 11 is 0. The van der Waals surface area contributed by atoms with Crippen LogP contribution in [-0.4, -0.2) is 26.2 Å². The zero-order valence-corrected chi connectivity index (χ0v) is 27.3. The predicted molar refractivity (Wildman–Crippen MR) is 193 cm³/mol. The molecule has 2 nitrogen and oxygen atoms in total. The molecule has 0 N–H and O–H groups in total. The fraction of sp³-hybridized carbons (Fsp3) is 0.326. The summed E-state index contributed by atoms with van der Waals surface area (Å²) in [6.45, 7) is 9.23. The van der Waals surface area contributed by atoms with Crippen molar-refractivity contribution in [1.29, 1.82) is 0 Å². The number of hydrogen-bond donors (Lipinski definition) is 0. The smallest absolute Gasteiger partial charge is 0.203 e. The Morgan fingerprint density at radius 2 is 1.49 bits per heavy atom. The first-order chi connectivity index (χ1) is 22.2. The van der Waals surface area contributed by atoms with E-state index in [1.807, 2.05) is 0 Å². The number of fused-ring (bicyclic) bond motifs is 2. The van der Waals surface area contributed by atoms with Gasteiger partial charge in [0.1, 0.15) is 13.1 Å². The molecule has 0 radical (unpaired) electrons. The minimum absolute atomic E-state index is 1.16. The summed E-state index contributed by atoms with van der Waals surface area (Å²) < 4.78 is 2.60. The Kier molecular flexibility index (Phi) is 10.4. The summed E-state index contributed by atoms with van der Waals surface area (Å²) in [5, 5.41) is 2.73. The first kappa shape index (κ1) is 30.8. The highest BCUT2D eigenvalue weighted by Crippen LogP contribution is 2.32. The molecule has 2 heterocycles. The summed E-state index contributed by atoms with van der Waals surface area (Å²) in [5.74, 6) is 0. The van der Waals surface area contributed by atoms with Crippen molar-refractivity contribution in [2.75, 3.05) is 31.1 Å².